The number of amides is 1. The van der Waals surface area contributed by atoms with E-state index >= 15 is 0 Å². The highest BCUT2D eigenvalue weighted by Crippen LogP contribution is 2.26. The third kappa shape index (κ3) is 3.90. The summed E-state index contributed by atoms with van der Waals surface area (Å²) in [5.74, 6) is -0.411. The number of carboxylic acids is 1. The molecule has 1 aromatic rings. The fourth-order valence-corrected chi connectivity index (χ4v) is 3.65. The van der Waals surface area contributed by atoms with Gasteiger partial charge in [0.25, 0.3) is 0 Å². The second kappa shape index (κ2) is 7.12. The predicted molar refractivity (Wildman–Crippen MR) is 84.1 cm³/mol. The molecule has 2 aliphatic heterocycles. The molecule has 23 heavy (non-hydrogen) atoms. The molecule has 0 saturated carbocycles. The highest BCUT2D eigenvalue weighted by Gasteiger charge is 2.27. The van der Waals surface area contributed by atoms with Crippen molar-refractivity contribution in [3.05, 3.63) is 18.0 Å². The van der Waals surface area contributed by atoms with Crippen molar-refractivity contribution in [2.75, 3.05) is 32.7 Å². The van der Waals surface area contributed by atoms with Crippen LogP contribution in [0.15, 0.2) is 12.3 Å². The third-order valence-electron chi connectivity index (χ3n) is 4.78. The summed E-state index contributed by atoms with van der Waals surface area (Å²) in [4.78, 5) is 27.4. The van der Waals surface area contributed by atoms with E-state index in [0.717, 1.165) is 57.6 Å². The number of carbonyl (C=O) groups is 2. The van der Waals surface area contributed by atoms with Crippen molar-refractivity contribution in [3.8, 4) is 0 Å². The molecule has 0 unspecified atom stereocenters. The molecule has 2 aliphatic rings. The first-order valence-electron chi connectivity index (χ1n) is 8.37. The van der Waals surface area contributed by atoms with Crippen LogP contribution in [0.1, 0.15) is 37.3 Å². The molecule has 1 N–H and O–H groups in total. The summed E-state index contributed by atoms with van der Waals surface area (Å²) in [5, 5.41) is 13.1. The van der Waals surface area contributed by atoms with Gasteiger partial charge in [0.1, 0.15) is 6.54 Å². The van der Waals surface area contributed by atoms with Crippen molar-refractivity contribution in [2.45, 2.75) is 38.1 Å². The largest absolute Gasteiger partial charge is 0.480 e. The predicted octanol–water partition coefficient (Wildman–Crippen LogP) is 0.769. The van der Waals surface area contributed by atoms with Gasteiger partial charge in [-0.15, -0.1) is 0 Å². The maximum Gasteiger partial charge on any atom is 0.325 e. The second-order valence-electron chi connectivity index (χ2n) is 6.47. The normalized spacial score (nSPS) is 22.4. The average Bonchev–Trinajstić information content (AvgIpc) is 3.18. The Bertz CT molecular complexity index is 565. The van der Waals surface area contributed by atoms with Gasteiger partial charge >= 0.3 is 5.97 Å². The van der Waals surface area contributed by atoms with Gasteiger partial charge in [-0.05, 0) is 38.3 Å². The van der Waals surface area contributed by atoms with Crippen LogP contribution in [0, 0.1) is 0 Å². The first-order chi connectivity index (χ1) is 11.1. The standard InChI is InChI=1S/C16H24N4O3/c21-15(19-8-1-2-9-19)11-18-7-3-4-13(10-18)14-5-6-17-20(14)12-16(22)23/h5-6,13H,1-4,7-12H2,(H,22,23)/t13-/m1/s1. The van der Waals surface area contributed by atoms with Crippen molar-refractivity contribution < 1.29 is 14.7 Å². The van der Waals surface area contributed by atoms with Crippen LogP contribution in [-0.2, 0) is 16.1 Å². The minimum atomic E-state index is -0.883. The van der Waals surface area contributed by atoms with Crippen LogP contribution in [0.5, 0.6) is 0 Å². The van der Waals surface area contributed by atoms with Crippen LogP contribution in [-0.4, -0.2) is 69.3 Å². The highest BCUT2D eigenvalue weighted by atomic mass is 16.4. The molecular weight excluding hydrogens is 296 g/mol. The van der Waals surface area contributed by atoms with Crippen molar-refractivity contribution in [3.63, 3.8) is 0 Å². The molecule has 1 amide bonds. The first kappa shape index (κ1) is 16.0. The Morgan fingerprint density at radius 2 is 1.96 bits per heavy atom. The van der Waals surface area contributed by atoms with Crippen LogP contribution in [0.2, 0.25) is 0 Å². The van der Waals surface area contributed by atoms with Crippen molar-refractivity contribution >= 4 is 11.9 Å². The van der Waals surface area contributed by atoms with Crippen LogP contribution in [0.4, 0.5) is 0 Å². The molecule has 2 saturated heterocycles. The molecule has 7 heteroatoms. The SMILES string of the molecule is O=C(O)Cn1nccc1[C@@H]1CCCN(CC(=O)N2CCCC2)C1. The lowest BCUT2D eigenvalue weighted by atomic mass is 9.94. The number of rotatable bonds is 5. The van der Waals surface area contributed by atoms with Gasteiger partial charge < -0.3 is 10.0 Å². The van der Waals surface area contributed by atoms with Crippen molar-refractivity contribution in [1.29, 1.82) is 0 Å². The molecular formula is C16H24N4O3. The average molecular weight is 320 g/mol. The lowest BCUT2D eigenvalue weighted by Crippen LogP contribution is -2.43. The number of aromatic nitrogens is 2. The molecule has 0 radical (unpaired) electrons. The Balaban J connectivity index is 1.60. The fraction of sp³-hybridized carbons (Fsp3) is 0.688. The third-order valence-corrected chi connectivity index (χ3v) is 4.78. The van der Waals surface area contributed by atoms with Gasteiger partial charge in [-0.1, -0.05) is 0 Å². The monoisotopic (exact) mass is 320 g/mol. The second-order valence-corrected chi connectivity index (χ2v) is 6.47. The van der Waals surface area contributed by atoms with Crippen LogP contribution in [0.3, 0.4) is 0 Å². The number of piperidine rings is 1. The maximum absolute atomic E-state index is 12.3. The lowest BCUT2D eigenvalue weighted by molar-refractivity contribution is -0.138. The fourth-order valence-electron chi connectivity index (χ4n) is 3.65. The smallest absolute Gasteiger partial charge is 0.325 e. The Morgan fingerprint density at radius 3 is 2.70 bits per heavy atom. The molecule has 0 aliphatic carbocycles. The summed E-state index contributed by atoms with van der Waals surface area (Å²) in [5.41, 5.74) is 0.964. The van der Waals surface area contributed by atoms with E-state index < -0.39 is 5.97 Å². The Hall–Kier alpha value is -1.89. The Kier molecular flexibility index (Phi) is 4.95. The van der Waals surface area contributed by atoms with E-state index in [2.05, 4.69) is 10.00 Å². The van der Waals surface area contributed by atoms with E-state index in [1.165, 1.54) is 0 Å². The molecule has 0 bridgehead atoms. The molecule has 1 aromatic heterocycles. The summed E-state index contributed by atoms with van der Waals surface area (Å²) in [7, 11) is 0. The number of carbonyl (C=O) groups excluding carboxylic acids is 1. The maximum atomic E-state index is 12.3. The number of aliphatic carboxylic acids is 1. The summed E-state index contributed by atoms with van der Waals surface area (Å²) in [6.07, 6.45) is 5.92. The molecule has 0 aromatic carbocycles. The zero-order chi connectivity index (χ0) is 16.2. The minimum Gasteiger partial charge on any atom is -0.480 e. The van der Waals surface area contributed by atoms with E-state index in [4.69, 9.17) is 5.11 Å². The van der Waals surface area contributed by atoms with E-state index in [1.54, 1.807) is 10.9 Å². The van der Waals surface area contributed by atoms with E-state index in [9.17, 15) is 9.59 Å². The van der Waals surface area contributed by atoms with E-state index in [1.807, 2.05) is 11.0 Å². The number of hydrogen-bond donors (Lipinski definition) is 1. The molecule has 1 atom stereocenters. The minimum absolute atomic E-state index is 0.106. The van der Waals surface area contributed by atoms with E-state index in [-0.39, 0.29) is 18.4 Å². The summed E-state index contributed by atoms with van der Waals surface area (Å²) in [6.45, 7) is 3.88. The van der Waals surface area contributed by atoms with Gasteiger partial charge in [-0.2, -0.15) is 5.10 Å². The lowest BCUT2D eigenvalue weighted by Gasteiger charge is -2.33. The number of nitrogens with zero attached hydrogens (tertiary/aromatic N) is 4. The van der Waals surface area contributed by atoms with Crippen LogP contribution in [0.25, 0.3) is 0 Å². The molecule has 3 rings (SSSR count). The van der Waals surface area contributed by atoms with Crippen LogP contribution < -0.4 is 0 Å². The van der Waals surface area contributed by atoms with Gasteiger partial charge in [-0.3, -0.25) is 19.2 Å². The Labute approximate surface area is 135 Å². The summed E-state index contributed by atoms with van der Waals surface area (Å²) >= 11 is 0. The summed E-state index contributed by atoms with van der Waals surface area (Å²) < 4.78 is 1.57. The summed E-state index contributed by atoms with van der Waals surface area (Å²) in [6, 6.07) is 1.90. The topological polar surface area (TPSA) is 78.7 Å². The zero-order valence-corrected chi connectivity index (χ0v) is 13.4. The molecule has 2 fully saturated rings. The highest BCUT2D eigenvalue weighted by molar-refractivity contribution is 5.78. The first-order valence-corrected chi connectivity index (χ1v) is 8.37. The zero-order valence-electron chi connectivity index (χ0n) is 13.4. The Morgan fingerprint density at radius 1 is 1.17 bits per heavy atom. The molecule has 0 spiro atoms. The van der Waals surface area contributed by atoms with Gasteiger partial charge in [0.15, 0.2) is 0 Å². The van der Waals surface area contributed by atoms with E-state index in [0.29, 0.717) is 6.54 Å². The van der Waals surface area contributed by atoms with Gasteiger partial charge in [-0.25, -0.2) is 0 Å². The number of carboxylic acid groups (broad SMARTS) is 1. The van der Waals surface area contributed by atoms with Gasteiger partial charge in [0, 0.05) is 37.4 Å². The number of hydrogen-bond acceptors (Lipinski definition) is 4. The van der Waals surface area contributed by atoms with Crippen LogP contribution >= 0.6 is 0 Å². The van der Waals surface area contributed by atoms with Crippen molar-refractivity contribution in [1.82, 2.24) is 19.6 Å². The molecule has 7 nitrogen and oxygen atoms in total. The molecule has 126 valence electrons. The number of likely N-dealkylation sites (tertiary alicyclic amines) is 2. The quantitative estimate of drug-likeness (QED) is 0.867. The molecule has 3 heterocycles. The van der Waals surface area contributed by atoms with Crippen molar-refractivity contribution in [2.24, 2.45) is 0 Å². The van der Waals surface area contributed by atoms with Gasteiger partial charge in [0.05, 0.1) is 6.54 Å². The van der Waals surface area contributed by atoms with Gasteiger partial charge in [0.2, 0.25) is 5.91 Å².